The molecule has 2 nitrogen and oxygen atoms in total. The molecule has 3 heteroatoms. The third-order valence-electron chi connectivity index (χ3n) is 3.53. The molecule has 1 atom stereocenters. The molecule has 0 N–H and O–H groups in total. The summed E-state index contributed by atoms with van der Waals surface area (Å²) in [4.78, 5) is 2.59. The molecule has 1 unspecified atom stereocenters. The minimum atomic E-state index is 0. The Morgan fingerprint density at radius 2 is 1.93 bits per heavy atom. The molecule has 0 amide bonds. The van der Waals surface area contributed by atoms with Crippen LogP contribution in [0.4, 0.5) is 0 Å². The van der Waals surface area contributed by atoms with Gasteiger partial charge in [-0.15, -0.1) is 12.1 Å². The SMILES string of the molecule is CC(C)(C)N1CCC2(CCC[N-]2)C1.[Rb+]. The number of hydrogen-bond donors (Lipinski definition) is 0. The zero-order valence-electron chi connectivity index (χ0n) is 10.1. The molecule has 2 rings (SSSR count). The van der Waals surface area contributed by atoms with E-state index in [4.69, 9.17) is 5.32 Å². The van der Waals surface area contributed by atoms with E-state index in [9.17, 15) is 0 Å². The minimum Gasteiger partial charge on any atom is -0.656 e. The van der Waals surface area contributed by atoms with Crippen molar-refractivity contribution in [3.63, 3.8) is 0 Å². The summed E-state index contributed by atoms with van der Waals surface area (Å²) in [6, 6.07) is 0. The molecule has 0 aromatic rings. The molecule has 0 saturated carbocycles. The van der Waals surface area contributed by atoms with Gasteiger partial charge in [-0.25, -0.2) is 0 Å². The van der Waals surface area contributed by atoms with Gasteiger partial charge < -0.3 is 5.32 Å². The van der Waals surface area contributed by atoms with Crippen LogP contribution in [-0.4, -0.2) is 35.6 Å². The summed E-state index contributed by atoms with van der Waals surface area (Å²) in [6.45, 7) is 10.5. The van der Waals surface area contributed by atoms with Crippen molar-refractivity contribution in [1.82, 2.24) is 4.90 Å². The smallest absolute Gasteiger partial charge is 0.656 e. The van der Waals surface area contributed by atoms with Crippen molar-refractivity contribution in [2.45, 2.75) is 51.1 Å². The van der Waals surface area contributed by atoms with Crippen LogP contribution in [0.5, 0.6) is 0 Å². The van der Waals surface area contributed by atoms with Gasteiger partial charge in [-0.3, -0.25) is 4.90 Å². The molecule has 1 spiro atoms. The summed E-state index contributed by atoms with van der Waals surface area (Å²) in [6.07, 6.45) is 3.95. The number of rotatable bonds is 0. The van der Waals surface area contributed by atoms with Gasteiger partial charge in [0.05, 0.1) is 0 Å². The van der Waals surface area contributed by atoms with Crippen molar-refractivity contribution in [2.24, 2.45) is 0 Å². The van der Waals surface area contributed by atoms with Gasteiger partial charge in [-0.1, -0.05) is 19.3 Å². The van der Waals surface area contributed by atoms with Crippen molar-refractivity contribution >= 4 is 0 Å². The number of likely N-dealkylation sites (tertiary alicyclic amines) is 1. The van der Waals surface area contributed by atoms with Gasteiger partial charge in [0.1, 0.15) is 0 Å². The van der Waals surface area contributed by atoms with Crippen molar-refractivity contribution < 1.29 is 58.2 Å². The Morgan fingerprint density at radius 1 is 1.21 bits per heavy atom. The molecular formula is C11H21N2Rb. The van der Waals surface area contributed by atoms with Crippen LogP contribution >= 0.6 is 0 Å². The largest absolute Gasteiger partial charge is 1.00 e. The zero-order chi connectivity index (χ0) is 9.53. The van der Waals surface area contributed by atoms with Gasteiger partial charge in [-0.05, 0) is 33.9 Å². The predicted octanol–water partition coefficient (Wildman–Crippen LogP) is -0.599. The Kier molecular flexibility index (Phi) is 4.85. The quantitative estimate of drug-likeness (QED) is 0.573. The third kappa shape index (κ3) is 2.89. The van der Waals surface area contributed by atoms with Crippen molar-refractivity contribution in [3.05, 3.63) is 5.32 Å². The van der Waals surface area contributed by atoms with Crippen LogP contribution < -0.4 is 58.2 Å². The average molecular weight is 267 g/mol. The first kappa shape index (κ1) is 13.8. The molecule has 2 heterocycles. The summed E-state index contributed by atoms with van der Waals surface area (Å²) in [7, 11) is 0. The fraction of sp³-hybridized carbons (Fsp3) is 1.00. The van der Waals surface area contributed by atoms with Gasteiger partial charge in [0.25, 0.3) is 0 Å². The van der Waals surface area contributed by atoms with E-state index in [0.29, 0.717) is 11.1 Å². The normalized spacial score (nSPS) is 33.6. The summed E-state index contributed by atoms with van der Waals surface area (Å²) in [5.74, 6) is 0. The first-order valence-corrected chi connectivity index (χ1v) is 5.46. The van der Waals surface area contributed by atoms with Crippen molar-refractivity contribution in [3.8, 4) is 0 Å². The van der Waals surface area contributed by atoms with Crippen LogP contribution in [0, 0.1) is 0 Å². The van der Waals surface area contributed by atoms with E-state index in [2.05, 4.69) is 25.7 Å². The van der Waals surface area contributed by atoms with Crippen LogP contribution in [-0.2, 0) is 0 Å². The number of hydrogen-bond acceptors (Lipinski definition) is 1. The molecular weight excluding hydrogens is 246 g/mol. The molecule has 0 bridgehead atoms. The Morgan fingerprint density at radius 3 is 2.36 bits per heavy atom. The first-order chi connectivity index (χ1) is 6.02. The van der Waals surface area contributed by atoms with Gasteiger partial charge in [-0.2, -0.15) is 0 Å². The van der Waals surface area contributed by atoms with Crippen LogP contribution in [0.2, 0.25) is 0 Å². The molecule has 2 aliphatic heterocycles. The topological polar surface area (TPSA) is 17.3 Å². The zero-order valence-corrected chi connectivity index (χ0v) is 15.1. The standard InChI is InChI=1S/C11H21N2.Rb/c1-10(2,3)13-8-6-11(9-13)5-4-7-12-11;/h4-9H2,1-3H3;/q-1;+1. The van der Waals surface area contributed by atoms with Gasteiger partial charge >= 0.3 is 58.2 Å². The van der Waals surface area contributed by atoms with Crippen molar-refractivity contribution in [2.75, 3.05) is 19.6 Å². The first-order valence-electron chi connectivity index (χ1n) is 5.46. The van der Waals surface area contributed by atoms with E-state index in [1.54, 1.807) is 0 Å². The van der Waals surface area contributed by atoms with E-state index >= 15 is 0 Å². The predicted molar refractivity (Wildman–Crippen MR) is 56.1 cm³/mol. The van der Waals surface area contributed by atoms with Crippen LogP contribution in [0.1, 0.15) is 40.0 Å². The Hall–Kier alpha value is 1.73. The molecule has 14 heavy (non-hydrogen) atoms. The van der Waals surface area contributed by atoms with Gasteiger partial charge in [0, 0.05) is 5.54 Å². The fourth-order valence-corrected chi connectivity index (χ4v) is 2.57. The van der Waals surface area contributed by atoms with Crippen LogP contribution in [0.15, 0.2) is 0 Å². The van der Waals surface area contributed by atoms with Gasteiger partial charge in [0.2, 0.25) is 0 Å². The molecule has 0 radical (unpaired) electrons. The van der Waals surface area contributed by atoms with E-state index < -0.39 is 0 Å². The van der Waals surface area contributed by atoms with E-state index in [0.717, 1.165) is 6.54 Å². The molecule has 2 fully saturated rings. The number of nitrogens with zero attached hydrogens (tertiary/aromatic N) is 2. The second-order valence-corrected chi connectivity index (χ2v) is 5.55. The van der Waals surface area contributed by atoms with E-state index in [1.807, 2.05) is 0 Å². The molecule has 0 aliphatic carbocycles. The second-order valence-electron chi connectivity index (χ2n) is 5.55. The van der Waals surface area contributed by atoms with Crippen LogP contribution in [0.25, 0.3) is 5.32 Å². The van der Waals surface area contributed by atoms with Crippen molar-refractivity contribution in [1.29, 1.82) is 0 Å². The van der Waals surface area contributed by atoms with Crippen LogP contribution in [0.3, 0.4) is 0 Å². The summed E-state index contributed by atoms with van der Waals surface area (Å²) >= 11 is 0. The Bertz CT molecular complexity index is 192. The molecule has 2 saturated heterocycles. The molecule has 0 aromatic carbocycles. The third-order valence-corrected chi connectivity index (χ3v) is 3.53. The fourth-order valence-electron chi connectivity index (χ4n) is 2.57. The summed E-state index contributed by atoms with van der Waals surface area (Å²) in [5.41, 5.74) is 0.703. The Labute approximate surface area is 137 Å². The monoisotopic (exact) mass is 266 g/mol. The van der Waals surface area contributed by atoms with E-state index in [-0.39, 0.29) is 58.2 Å². The maximum atomic E-state index is 4.79. The molecule has 76 valence electrons. The van der Waals surface area contributed by atoms with Gasteiger partial charge in [0.15, 0.2) is 0 Å². The summed E-state index contributed by atoms with van der Waals surface area (Å²) in [5, 5.41) is 4.79. The summed E-state index contributed by atoms with van der Waals surface area (Å²) < 4.78 is 0. The van der Waals surface area contributed by atoms with E-state index in [1.165, 1.54) is 32.4 Å². The average Bonchev–Trinajstić information content (AvgIpc) is 2.60. The minimum absolute atomic E-state index is 0. The maximum absolute atomic E-state index is 4.79. The molecule has 0 aromatic heterocycles. The Balaban J connectivity index is 0.000000980. The second kappa shape index (κ2) is 4.93. The maximum Gasteiger partial charge on any atom is 1.00 e. The molecule has 2 aliphatic rings.